The first-order chi connectivity index (χ1) is 9.45. The van der Waals surface area contributed by atoms with Gasteiger partial charge in [0.15, 0.2) is 5.69 Å². The van der Waals surface area contributed by atoms with E-state index in [1.54, 1.807) is 6.92 Å². The topological polar surface area (TPSA) is 91.3 Å². The van der Waals surface area contributed by atoms with Gasteiger partial charge in [0.05, 0.1) is 6.04 Å². The van der Waals surface area contributed by atoms with Crippen molar-refractivity contribution >= 4 is 23.3 Å². The van der Waals surface area contributed by atoms with Crippen LogP contribution in [0.3, 0.4) is 0 Å². The number of hydrogen-bond acceptors (Lipinski definition) is 4. The standard InChI is InChI=1S/C13H19N3O3S/c1-7(5-9-3-4-9)14-13(19)15-8(2)11-16-10(6-20-11)12(17)18/h6-9H,3-5H2,1-2H3,(H,17,18)(H2,14,15,19). The highest BCUT2D eigenvalue weighted by Crippen LogP contribution is 2.33. The fraction of sp³-hybridized carbons (Fsp3) is 0.615. The lowest BCUT2D eigenvalue weighted by Crippen LogP contribution is -2.41. The van der Waals surface area contributed by atoms with E-state index in [9.17, 15) is 9.59 Å². The third-order valence-corrected chi connectivity index (χ3v) is 4.25. The van der Waals surface area contributed by atoms with Gasteiger partial charge < -0.3 is 15.7 Å². The molecule has 0 spiro atoms. The molecule has 2 atom stereocenters. The van der Waals surface area contributed by atoms with Crippen LogP contribution in [-0.2, 0) is 0 Å². The summed E-state index contributed by atoms with van der Waals surface area (Å²) in [4.78, 5) is 26.6. The predicted molar refractivity (Wildman–Crippen MR) is 76.0 cm³/mol. The lowest BCUT2D eigenvalue weighted by atomic mass is 10.2. The predicted octanol–water partition coefficient (Wildman–Crippen LogP) is 2.39. The number of carbonyl (C=O) groups is 2. The largest absolute Gasteiger partial charge is 0.476 e. The maximum Gasteiger partial charge on any atom is 0.355 e. The zero-order valence-electron chi connectivity index (χ0n) is 11.5. The lowest BCUT2D eigenvalue weighted by molar-refractivity contribution is 0.0691. The number of aromatic nitrogens is 1. The number of hydrogen-bond donors (Lipinski definition) is 3. The minimum absolute atomic E-state index is 0.0150. The van der Waals surface area contributed by atoms with Crippen molar-refractivity contribution in [2.45, 2.75) is 45.2 Å². The molecule has 1 aliphatic rings. The summed E-state index contributed by atoms with van der Waals surface area (Å²) in [6.07, 6.45) is 3.55. The van der Waals surface area contributed by atoms with Crippen LogP contribution >= 0.6 is 11.3 Å². The van der Waals surface area contributed by atoms with E-state index in [2.05, 4.69) is 15.6 Å². The van der Waals surface area contributed by atoms with E-state index in [1.807, 2.05) is 6.92 Å². The lowest BCUT2D eigenvalue weighted by Gasteiger charge is -2.16. The first kappa shape index (κ1) is 14.8. The number of carboxylic acid groups (broad SMARTS) is 1. The van der Waals surface area contributed by atoms with E-state index in [0.29, 0.717) is 5.01 Å². The number of nitrogens with zero attached hydrogens (tertiary/aromatic N) is 1. The zero-order chi connectivity index (χ0) is 14.7. The van der Waals surface area contributed by atoms with Gasteiger partial charge in [0.1, 0.15) is 5.01 Å². The molecule has 20 heavy (non-hydrogen) atoms. The molecule has 1 aromatic heterocycles. The van der Waals surface area contributed by atoms with E-state index in [0.717, 1.165) is 12.3 Å². The molecule has 0 aliphatic heterocycles. The van der Waals surface area contributed by atoms with E-state index in [4.69, 9.17) is 5.11 Å². The summed E-state index contributed by atoms with van der Waals surface area (Å²) in [7, 11) is 0. The van der Waals surface area contributed by atoms with E-state index in [-0.39, 0.29) is 23.8 Å². The molecule has 2 rings (SSSR count). The second-order valence-corrected chi connectivity index (χ2v) is 6.19. The Balaban J connectivity index is 1.81. The molecule has 0 saturated heterocycles. The first-order valence-electron chi connectivity index (χ1n) is 6.71. The normalized spacial score (nSPS) is 17.3. The van der Waals surface area contributed by atoms with Crippen molar-refractivity contribution in [3.05, 3.63) is 16.1 Å². The Kier molecular flexibility index (Phi) is 4.59. The SMILES string of the molecule is CC(CC1CC1)NC(=O)NC(C)c1nc(C(=O)O)cs1. The van der Waals surface area contributed by atoms with Crippen molar-refractivity contribution in [3.63, 3.8) is 0 Å². The van der Waals surface area contributed by atoms with Crippen molar-refractivity contribution in [1.29, 1.82) is 0 Å². The Hall–Kier alpha value is -1.63. The summed E-state index contributed by atoms with van der Waals surface area (Å²) in [5.41, 5.74) is 0.0150. The Labute approximate surface area is 121 Å². The third-order valence-electron chi connectivity index (χ3n) is 3.22. The molecule has 0 aromatic carbocycles. The van der Waals surface area contributed by atoms with Crippen molar-refractivity contribution in [2.24, 2.45) is 5.92 Å². The summed E-state index contributed by atoms with van der Waals surface area (Å²) < 4.78 is 0. The second-order valence-electron chi connectivity index (χ2n) is 5.30. The highest BCUT2D eigenvalue weighted by atomic mass is 32.1. The molecule has 0 radical (unpaired) electrons. The number of carboxylic acids is 1. The van der Waals surface area contributed by atoms with E-state index < -0.39 is 5.97 Å². The molecule has 1 saturated carbocycles. The molecule has 7 heteroatoms. The van der Waals surface area contributed by atoms with Gasteiger partial charge in [-0.3, -0.25) is 0 Å². The monoisotopic (exact) mass is 297 g/mol. The molecule has 110 valence electrons. The van der Waals surface area contributed by atoms with Crippen LogP contribution < -0.4 is 10.6 Å². The number of carbonyl (C=O) groups excluding carboxylic acids is 1. The minimum Gasteiger partial charge on any atom is -0.476 e. The van der Waals surface area contributed by atoms with Gasteiger partial charge in [-0.25, -0.2) is 14.6 Å². The average molecular weight is 297 g/mol. The van der Waals surface area contributed by atoms with Crippen molar-refractivity contribution < 1.29 is 14.7 Å². The van der Waals surface area contributed by atoms with Crippen LogP contribution in [0.1, 0.15) is 54.6 Å². The molecular weight excluding hydrogens is 278 g/mol. The van der Waals surface area contributed by atoms with Crippen LogP contribution in [0.2, 0.25) is 0 Å². The fourth-order valence-corrected chi connectivity index (χ4v) is 2.82. The van der Waals surface area contributed by atoms with Gasteiger partial charge in [0.2, 0.25) is 0 Å². The summed E-state index contributed by atoms with van der Waals surface area (Å²) in [6.45, 7) is 3.78. The van der Waals surface area contributed by atoms with Gasteiger partial charge in [-0.2, -0.15) is 0 Å². The molecule has 1 heterocycles. The number of nitrogens with one attached hydrogen (secondary N) is 2. The molecule has 6 nitrogen and oxygen atoms in total. The molecule has 1 aliphatic carbocycles. The highest BCUT2D eigenvalue weighted by Gasteiger charge is 2.24. The fourth-order valence-electron chi connectivity index (χ4n) is 2.02. The van der Waals surface area contributed by atoms with Gasteiger partial charge in [0.25, 0.3) is 0 Å². The van der Waals surface area contributed by atoms with Crippen molar-refractivity contribution in [2.75, 3.05) is 0 Å². The highest BCUT2D eigenvalue weighted by molar-refractivity contribution is 7.09. The summed E-state index contributed by atoms with van der Waals surface area (Å²) in [6, 6.07) is -0.389. The Bertz CT molecular complexity index is 499. The van der Waals surface area contributed by atoms with Gasteiger partial charge in [-0.05, 0) is 26.2 Å². The summed E-state index contributed by atoms with van der Waals surface area (Å²) in [5, 5.41) is 16.6. The number of thiazole rings is 1. The molecule has 2 amide bonds. The molecular formula is C13H19N3O3S. The smallest absolute Gasteiger partial charge is 0.355 e. The number of aromatic carboxylic acids is 1. The molecule has 0 bridgehead atoms. The molecule has 1 aromatic rings. The molecule has 3 N–H and O–H groups in total. The average Bonchev–Trinajstić information content (AvgIpc) is 3.01. The maximum atomic E-state index is 11.8. The van der Waals surface area contributed by atoms with Crippen LogP contribution in [0.15, 0.2) is 5.38 Å². The Morgan fingerprint density at radius 3 is 2.70 bits per heavy atom. The van der Waals surface area contributed by atoms with Crippen LogP contribution in [-0.4, -0.2) is 28.1 Å². The quantitative estimate of drug-likeness (QED) is 0.752. The zero-order valence-corrected chi connectivity index (χ0v) is 12.4. The van der Waals surface area contributed by atoms with Gasteiger partial charge in [0, 0.05) is 11.4 Å². The Morgan fingerprint density at radius 2 is 2.15 bits per heavy atom. The van der Waals surface area contributed by atoms with Gasteiger partial charge in [-0.1, -0.05) is 12.8 Å². The van der Waals surface area contributed by atoms with E-state index >= 15 is 0 Å². The maximum absolute atomic E-state index is 11.8. The van der Waals surface area contributed by atoms with Crippen LogP contribution in [0.4, 0.5) is 4.79 Å². The number of amides is 2. The molecule has 1 fully saturated rings. The van der Waals surface area contributed by atoms with Gasteiger partial charge in [-0.15, -0.1) is 11.3 Å². The van der Waals surface area contributed by atoms with Gasteiger partial charge >= 0.3 is 12.0 Å². The van der Waals surface area contributed by atoms with Crippen molar-refractivity contribution in [1.82, 2.24) is 15.6 Å². The van der Waals surface area contributed by atoms with Crippen LogP contribution in [0, 0.1) is 5.92 Å². The van der Waals surface area contributed by atoms with Crippen molar-refractivity contribution in [3.8, 4) is 0 Å². The third kappa shape index (κ3) is 4.19. The summed E-state index contributed by atoms with van der Waals surface area (Å²) in [5.74, 6) is -0.290. The minimum atomic E-state index is -1.05. The second kappa shape index (κ2) is 6.21. The summed E-state index contributed by atoms with van der Waals surface area (Å²) >= 11 is 1.23. The molecule has 2 unspecified atom stereocenters. The Morgan fingerprint density at radius 1 is 1.45 bits per heavy atom. The van der Waals surface area contributed by atoms with Crippen LogP contribution in [0.25, 0.3) is 0 Å². The van der Waals surface area contributed by atoms with Crippen LogP contribution in [0.5, 0.6) is 0 Å². The van der Waals surface area contributed by atoms with E-state index in [1.165, 1.54) is 29.6 Å². The first-order valence-corrected chi connectivity index (χ1v) is 7.59. The number of urea groups is 1. The number of rotatable bonds is 6.